The first kappa shape index (κ1) is 11.3. The van der Waals surface area contributed by atoms with E-state index in [-0.39, 0.29) is 5.44 Å². The fourth-order valence-electron chi connectivity index (χ4n) is 0.646. The maximum atomic E-state index is 5.18. The average Bonchev–Trinajstić information content (AvgIpc) is 1.99. The van der Waals surface area contributed by atoms with Gasteiger partial charge in [0.15, 0.2) is 0 Å². The summed E-state index contributed by atoms with van der Waals surface area (Å²) in [7, 11) is 0. The first-order chi connectivity index (χ1) is 5.31. The third-order valence-electron chi connectivity index (χ3n) is 1.21. The van der Waals surface area contributed by atoms with Gasteiger partial charge < -0.3 is 9.47 Å². The summed E-state index contributed by atoms with van der Waals surface area (Å²) in [6, 6.07) is 0. The Morgan fingerprint density at radius 2 is 2.00 bits per heavy atom. The van der Waals surface area contributed by atoms with Crippen molar-refractivity contribution in [3.05, 3.63) is 0 Å². The fraction of sp³-hybridized carbons (Fsp3) is 1.00. The predicted octanol–water partition coefficient (Wildman–Crippen LogP) is 2.71. The highest BCUT2D eigenvalue weighted by molar-refractivity contribution is 7.80. The van der Waals surface area contributed by atoms with Crippen LogP contribution in [0.25, 0.3) is 0 Å². The van der Waals surface area contributed by atoms with E-state index in [1.807, 2.05) is 0 Å². The second kappa shape index (κ2) is 8.37. The van der Waals surface area contributed by atoms with Crippen molar-refractivity contribution < 1.29 is 9.47 Å². The van der Waals surface area contributed by atoms with Crippen LogP contribution in [0, 0.1) is 0 Å². The maximum absolute atomic E-state index is 5.18. The van der Waals surface area contributed by atoms with Crippen molar-refractivity contribution in [2.75, 3.05) is 13.4 Å². The average molecular weight is 177 g/mol. The molecule has 0 amide bonds. The smallest absolute Gasteiger partial charge is 0.148 e. The molecule has 0 aromatic rings. The molecule has 0 rings (SSSR count). The van der Waals surface area contributed by atoms with Crippen LogP contribution in [0.1, 0.15) is 33.1 Å². The van der Waals surface area contributed by atoms with Crippen molar-refractivity contribution in [3.63, 3.8) is 0 Å². The van der Waals surface area contributed by atoms with Crippen LogP contribution in [0.15, 0.2) is 0 Å². The summed E-state index contributed by atoms with van der Waals surface area (Å²) >= 11 is 4.98. The Bertz CT molecular complexity index is 78.5. The number of hydrogen-bond donors (Lipinski definition) is 0. The summed E-state index contributed by atoms with van der Waals surface area (Å²) in [6.45, 7) is 5.27. The number of rotatable bonds is 7. The van der Waals surface area contributed by atoms with Crippen LogP contribution in [0.2, 0.25) is 0 Å². The van der Waals surface area contributed by atoms with Gasteiger partial charge in [-0.2, -0.15) is 0 Å². The molecule has 1 unspecified atom stereocenters. The third-order valence-corrected chi connectivity index (χ3v) is 1.58. The quantitative estimate of drug-likeness (QED) is 0.440. The minimum atomic E-state index is -0.0724. The van der Waals surface area contributed by atoms with E-state index in [0.717, 1.165) is 25.9 Å². The molecule has 0 heterocycles. The molecule has 2 nitrogen and oxygen atoms in total. The van der Waals surface area contributed by atoms with Crippen LogP contribution in [0.4, 0.5) is 0 Å². The van der Waals surface area contributed by atoms with Gasteiger partial charge in [-0.25, -0.2) is 0 Å². The molecule has 0 aliphatic rings. The molecule has 0 spiro atoms. The van der Waals surface area contributed by atoms with Gasteiger partial charge in [-0.3, -0.25) is 0 Å². The van der Waals surface area contributed by atoms with E-state index in [9.17, 15) is 0 Å². The molecular weight excluding hydrogens is 160 g/mol. The molecule has 0 bridgehead atoms. The Labute approximate surface area is 74.7 Å². The molecule has 0 aliphatic heterocycles. The Morgan fingerprint density at radius 3 is 2.55 bits per heavy atom. The first-order valence-electron chi connectivity index (χ1n) is 4.16. The van der Waals surface area contributed by atoms with Crippen LogP contribution in [-0.2, 0) is 9.47 Å². The van der Waals surface area contributed by atoms with Gasteiger partial charge in [0.2, 0.25) is 0 Å². The lowest BCUT2D eigenvalue weighted by Crippen LogP contribution is -2.08. The molecule has 0 saturated heterocycles. The van der Waals surface area contributed by atoms with Crippen molar-refractivity contribution >= 4 is 12.6 Å². The van der Waals surface area contributed by atoms with Gasteiger partial charge in [-0.1, -0.05) is 32.9 Å². The molecule has 0 N–H and O–H groups in total. The molecule has 1 atom stereocenters. The van der Waals surface area contributed by atoms with E-state index in [4.69, 9.17) is 22.1 Å². The van der Waals surface area contributed by atoms with Crippen molar-refractivity contribution in [2.24, 2.45) is 0 Å². The lowest BCUT2D eigenvalue weighted by molar-refractivity contribution is -0.0643. The van der Waals surface area contributed by atoms with Crippen LogP contribution in [0.3, 0.4) is 0 Å². The highest BCUT2D eigenvalue weighted by Crippen LogP contribution is 2.05. The Balaban J connectivity index is 2.97. The van der Waals surface area contributed by atoms with E-state index in [2.05, 4.69) is 13.8 Å². The highest BCUT2D eigenvalue weighted by atomic mass is 32.1. The molecular formula is C8H17O2S. The van der Waals surface area contributed by atoms with Gasteiger partial charge >= 0.3 is 0 Å². The summed E-state index contributed by atoms with van der Waals surface area (Å²) < 4.78 is 10.3. The fourth-order valence-corrected chi connectivity index (χ4v) is 0.938. The minimum Gasteiger partial charge on any atom is -0.355 e. The first-order valence-corrected chi connectivity index (χ1v) is 4.63. The summed E-state index contributed by atoms with van der Waals surface area (Å²) in [5.41, 5.74) is -0.0724. The topological polar surface area (TPSA) is 18.5 Å². The molecule has 0 saturated carbocycles. The van der Waals surface area contributed by atoms with Gasteiger partial charge in [-0.15, -0.1) is 0 Å². The SMILES string of the molecule is CCCOCOC([S])CCC. The molecule has 0 aromatic heterocycles. The number of hydrogen-bond acceptors (Lipinski definition) is 2. The zero-order chi connectivity index (χ0) is 8.53. The van der Waals surface area contributed by atoms with E-state index in [0.29, 0.717) is 6.79 Å². The molecule has 11 heavy (non-hydrogen) atoms. The van der Waals surface area contributed by atoms with Gasteiger partial charge in [0.05, 0.1) is 0 Å². The maximum Gasteiger partial charge on any atom is 0.148 e. The van der Waals surface area contributed by atoms with Crippen molar-refractivity contribution in [1.82, 2.24) is 0 Å². The molecule has 1 radical (unpaired) electrons. The van der Waals surface area contributed by atoms with Crippen LogP contribution in [-0.4, -0.2) is 18.8 Å². The second-order valence-electron chi connectivity index (χ2n) is 2.41. The van der Waals surface area contributed by atoms with Crippen molar-refractivity contribution in [3.8, 4) is 0 Å². The van der Waals surface area contributed by atoms with E-state index in [1.165, 1.54) is 0 Å². The van der Waals surface area contributed by atoms with E-state index in [1.54, 1.807) is 0 Å². The van der Waals surface area contributed by atoms with Crippen LogP contribution in [0.5, 0.6) is 0 Å². The predicted molar refractivity (Wildman–Crippen MR) is 48.5 cm³/mol. The summed E-state index contributed by atoms with van der Waals surface area (Å²) in [5.74, 6) is 0. The Hall–Kier alpha value is 0.270. The minimum absolute atomic E-state index is 0.0724. The summed E-state index contributed by atoms with van der Waals surface area (Å²) in [6.07, 6.45) is 3.03. The van der Waals surface area contributed by atoms with Crippen LogP contribution < -0.4 is 0 Å². The zero-order valence-corrected chi connectivity index (χ0v) is 8.15. The van der Waals surface area contributed by atoms with Crippen LogP contribution >= 0.6 is 12.6 Å². The third kappa shape index (κ3) is 8.17. The lowest BCUT2D eigenvalue weighted by atomic mass is 10.4. The monoisotopic (exact) mass is 177 g/mol. The molecule has 0 fully saturated rings. The van der Waals surface area contributed by atoms with Gasteiger partial charge in [0.25, 0.3) is 0 Å². The summed E-state index contributed by atoms with van der Waals surface area (Å²) in [5, 5.41) is 0. The molecule has 67 valence electrons. The highest BCUT2D eigenvalue weighted by Gasteiger charge is 2.00. The van der Waals surface area contributed by atoms with E-state index < -0.39 is 0 Å². The van der Waals surface area contributed by atoms with Gasteiger partial charge in [0, 0.05) is 6.61 Å². The normalized spacial score (nSPS) is 13.4. The largest absolute Gasteiger partial charge is 0.355 e. The van der Waals surface area contributed by atoms with Gasteiger partial charge in [0.1, 0.15) is 12.2 Å². The molecule has 0 aromatic carbocycles. The molecule has 3 heteroatoms. The zero-order valence-electron chi connectivity index (χ0n) is 7.34. The van der Waals surface area contributed by atoms with Gasteiger partial charge in [-0.05, 0) is 12.8 Å². The number of ether oxygens (including phenoxy) is 2. The van der Waals surface area contributed by atoms with Crippen molar-refractivity contribution in [1.29, 1.82) is 0 Å². The second-order valence-corrected chi connectivity index (χ2v) is 2.94. The Morgan fingerprint density at radius 1 is 1.27 bits per heavy atom. The standard InChI is InChI=1S/C8H17O2S/c1-3-5-8(11)10-7-9-6-4-2/h8H,3-7H2,1-2H3. The van der Waals surface area contributed by atoms with Crippen molar-refractivity contribution in [2.45, 2.75) is 38.5 Å². The lowest BCUT2D eigenvalue weighted by Gasteiger charge is -2.09. The summed E-state index contributed by atoms with van der Waals surface area (Å²) in [4.78, 5) is 0. The molecule has 0 aliphatic carbocycles. The Kier molecular flexibility index (Phi) is 8.57. The van der Waals surface area contributed by atoms with E-state index >= 15 is 0 Å².